The highest BCUT2D eigenvalue weighted by atomic mass is 19.1. The summed E-state index contributed by atoms with van der Waals surface area (Å²) in [5.41, 5.74) is 1.65. The van der Waals surface area contributed by atoms with Gasteiger partial charge in [-0.1, -0.05) is 18.2 Å². The van der Waals surface area contributed by atoms with Gasteiger partial charge in [0.15, 0.2) is 0 Å². The van der Waals surface area contributed by atoms with Gasteiger partial charge in [0, 0.05) is 38.5 Å². The number of ether oxygens (including phenoxy) is 1. The van der Waals surface area contributed by atoms with Crippen molar-refractivity contribution in [2.75, 3.05) is 26.8 Å². The maximum Gasteiger partial charge on any atom is 0.317 e. The monoisotopic (exact) mass is 343 g/mol. The van der Waals surface area contributed by atoms with Crippen molar-refractivity contribution in [1.82, 2.24) is 15.2 Å². The molecule has 0 bridgehead atoms. The van der Waals surface area contributed by atoms with Crippen LogP contribution in [0, 0.1) is 11.7 Å². The number of hydrogen-bond acceptors (Lipinski definition) is 3. The van der Waals surface area contributed by atoms with Gasteiger partial charge in [-0.3, -0.25) is 4.98 Å². The molecule has 0 radical (unpaired) electrons. The molecule has 1 aromatic carbocycles. The lowest BCUT2D eigenvalue weighted by Gasteiger charge is -2.25. The molecule has 0 unspecified atom stereocenters. The third-order valence-electron chi connectivity index (χ3n) is 4.39. The van der Waals surface area contributed by atoms with E-state index in [-0.39, 0.29) is 17.9 Å². The molecule has 0 saturated carbocycles. The molecule has 2 amide bonds. The Kier molecular flexibility index (Phi) is 5.60. The van der Waals surface area contributed by atoms with Crippen molar-refractivity contribution in [3.8, 4) is 0 Å². The molecule has 2 atom stereocenters. The molecule has 0 aliphatic carbocycles. The number of nitrogens with zero attached hydrogens (tertiary/aromatic N) is 2. The Balaban J connectivity index is 1.75. The Morgan fingerprint density at radius 1 is 1.36 bits per heavy atom. The van der Waals surface area contributed by atoms with E-state index in [0.29, 0.717) is 19.1 Å². The molecule has 6 heteroatoms. The van der Waals surface area contributed by atoms with E-state index >= 15 is 0 Å². The molecule has 1 fully saturated rings. The van der Waals surface area contributed by atoms with Crippen molar-refractivity contribution in [2.45, 2.75) is 12.5 Å². The molecule has 1 N–H and O–H groups in total. The SMILES string of the molecule is CN(C[C@@H]1CCOC1)C(=O)N[C@H](c1ccc(F)cc1)c1cccnc1. The van der Waals surface area contributed by atoms with Crippen LogP contribution in [0.25, 0.3) is 0 Å². The molecular formula is C19H22FN3O2. The van der Waals surface area contributed by atoms with E-state index in [1.54, 1.807) is 36.5 Å². The van der Waals surface area contributed by atoms with Crippen molar-refractivity contribution in [2.24, 2.45) is 5.92 Å². The number of rotatable bonds is 5. The first-order valence-corrected chi connectivity index (χ1v) is 8.38. The van der Waals surface area contributed by atoms with Crippen LogP contribution in [0.5, 0.6) is 0 Å². The number of amides is 2. The van der Waals surface area contributed by atoms with Gasteiger partial charge in [0.25, 0.3) is 0 Å². The summed E-state index contributed by atoms with van der Waals surface area (Å²) in [6, 6.07) is 9.29. The number of nitrogens with one attached hydrogen (secondary N) is 1. The smallest absolute Gasteiger partial charge is 0.317 e. The average molecular weight is 343 g/mol. The molecule has 1 saturated heterocycles. The van der Waals surface area contributed by atoms with Gasteiger partial charge in [-0.05, 0) is 35.7 Å². The summed E-state index contributed by atoms with van der Waals surface area (Å²) in [5, 5.41) is 3.03. The van der Waals surface area contributed by atoms with E-state index in [9.17, 15) is 9.18 Å². The largest absolute Gasteiger partial charge is 0.381 e. The number of hydrogen-bond donors (Lipinski definition) is 1. The average Bonchev–Trinajstić information content (AvgIpc) is 3.14. The summed E-state index contributed by atoms with van der Waals surface area (Å²) in [7, 11) is 1.78. The van der Waals surface area contributed by atoms with Crippen LogP contribution in [0.1, 0.15) is 23.6 Å². The second kappa shape index (κ2) is 8.07. The Morgan fingerprint density at radius 2 is 2.16 bits per heavy atom. The number of carbonyl (C=O) groups excluding carboxylic acids is 1. The number of halogens is 1. The predicted molar refractivity (Wildman–Crippen MR) is 92.6 cm³/mol. The molecule has 2 heterocycles. The lowest BCUT2D eigenvalue weighted by molar-refractivity contribution is 0.171. The Hall–Kier alpha value is -2.47. The first-order valence-electron chi connectivity index (χ1n) is 8.38. The van der Waals surface area contributed by atoms with Crippen molar-refractivity contribution in [3.63, 3.8) is 0 Å². The van der Waals surface area contributed by atoms with Crippen molar-refractivity contribution in [1.29, 1.82) is 0 Å². The molecule has 0 spiro atoms. The standard InChI is InChI=1S/C19H22FN3O2/c1-23(12-14-8-10-25-13-14)19(24)22-18(16-3-2-9-21-11-16)15-4-6-17(20)7-5-15/h2-7,9,11,14,18H,8,10,12-13H2,1H3,(H,22,24)/t14-,18+/m0/s1. The van der Waals surface area contributed by atoms with Crippen LogP contribution < -0.4 is 5.32 Å². The minimum Gasteiger partial charge on any atom is -0.381 e. The van der Waals surface area contributed by atoms with Gasteiger partial charge in [-0.25, -0.2) is 9.18 Å². The highest BCUT2D eigenvalue weighted by molar-refractivity contribution is 5.75. The normalized spacial score (nSPS) is 17.9. The third kappa shape index (κ3) is 4.54. The summed E-state index contributed by atoms with van der Waals surface area (Å²) >= 11 is 0. The van der Waals surface area contributed by atoms with Gasteiger partial charge in [0.1, 0.15) is 5.82 Å². The Morgan fingerprint density at radius 3 is 2.80 bits per heavy atom. The number of pyridine rings is 1. The predicted octanol–water partition coefficient (Wildman–Crippen LogP) is 2.99. The zero-order valence-corrected chi connectivity index (χ0v) is 14.2. The number of aromatic nitrogens is 1. The molecule has 3 rings (SSSR count). The molecule has 1 aromatic heterocycles. The maximum absolute atomic E-state index is 13.3. The highest BCUT2D eigenvalue weighted by Crippen LogP contribution is 2.22. The third-order valence-corrected chi connectivity index (χ3v) is 4.39. The van der Waals surface area contributed by atoms with Crippen LogP contribution in [0.3, 0.4) is 0 Å². The van der Waals surface area contributed by atoms with Crippen molar-refractivity contribution in [3.05, 3.63) is 65.7 Å². The van der Waals surface area contributed by atoms with Gasteiger partial charge in [-0.15, -0.1) is 0 Å². The van der Waals surface area contributed by atoms with E-state index < -0.39 is 0 Å². The van der Waals surface area contributed by atoms with Crippen LogP contribution in [-0.2, 0) is 4.74 Å². The number of urea groups is 1. The fourth-order valence-electron chi connectivity index (χ4n) is 2.99. The fourth-order valence-corrected chi connectivity index (χ4v) is 2.99. The van der Waals surface area contributed by atoms with Crippen LogP contribution >= 0.6 is 0 Å². The van der Waals surface area contributed by atoms with Crippen LogP contribution in [-0.4, -0.2) is 42.7 Å². The van der Waals surface area contributed by atoms with Gasteiger partial charge < -0.3 is 15.0 Å². The number of benzene rings is 1. The van der Waals surface area contributed by atoms with Gasteiger partial charge in [0.2, 0.25) is 0 Å². The van der Waals surface area contributed by atoms with E-state index in [1.165, 1.54) is 12.1 Å². The molecule has 132 valence electrons. The molecule has 25 heavy (non-hydrogen) atoms. The second-order valence-electron chi connectivity index (χ2n) is 6.33. The minimum absolute atomic E-state index is 0.176. The van der Waals surface area contributed by atoms with Crippen LogP contribution in [0.2, 0.25) is 0 Å². The van der Waals surface area contributed by atoms with Crippen molar-refractivity contribution >= 4 is 6.03 Å². The summed E-state index contributed by atoms with van der Waals surface area (Å²) in [4.78, 5) is 18.4. The van der Waals surface area contributed by atoms with Crippen LogP contribution in [0.4, 0.5) is 9.18 Å². The number of carbonyl (C=O) groups is 1. The Bertz CT molecular complexity index is 688. The van der Waals surface area contributed by atoms with Gasteiger partial charge >= 0.3 is 6.03 Å². The molecular weight excluding hydrogens is 321 g/mol. The van der Waals surface area contributed by atoms with Gasteiger partial charge in [-0.2, -0.15) is 0 Å². The zero-order valence-electron chi connectivity index (χ0n) is 14.2. The summed E-state index contributed by atoms with van der Waals surface area (Å²) in [5.74, 6) is 0.0665. The minimum atomic E-state index is -0.385. The zero-order chi connectivity index (χ0) is 17.6. The first-order chi connectivity index (χ1) is 12.1. The Labute approximate surface area is 146 Å². The van der Waals surface area contributed by atoms with E-state index in [2.05, 4.69) is 10.3 Å². The summed E-state index contributed by atoms with van der Waals surface area (Å²) in [6.07, 6.45) is 4.36. The maximum atomic E-state index is 13.3. The molecule has 1 aliphatic heterocycles. The van der Waals surface area contributed by atoms with E-state index in [4.69, 9.17) is 4.74 Å². The topological polar surface area (TPSA) is 54.5 Å². The summed E-state index contributed by atoms with van der Waals surface area (Å²) < 4.78 is 18.6. The molecule has 5 nitrogen and oxygen atoms in total. The van der Waals surface area contributed by atoms with Gasteiger partial charge in [0.05, 0.1) is 12.6 Å². The molecule has 1 aliphatic rings. The van der Waals surface area contributed by atoms with Crippen LogP contribution in [0.15, 0.2) is 48.8 Å². The van der Waals surface area contributed by atoms with Crippen molar-refractivity contribution < 1.29 is 13.9 Å². The molecule has 2 aromatic rings. The lowest BCUT2D eigenvalue weighted by Crippen LogP contribution is -2.42. The fraction of sp³-hybridized carbons (Fsp3) is 0.368. The highest BCUT2D eigenvalue weighted by Gasteiger charge is 2.23. The first kappa shape index (κ1) is 17.4. The van der Waals surface area contributed by atoms with E-state index in [1.807, 2.05) is 12.1 Å². The quantitative estimate of drug-likeness (QED) is 0.908. The lowest BCUT2D eigenvalue weighted by atomic mass is 10.0. The summed E-state index contributed by atoms with van der Waals surface area (Å²) in [6.45, 7) is 2.10. The second-order valence-corrected chi connectivity index (χ2v) is 6.33. The van der Waals surface area contributed by atoms with E-state index in [0.717, 1.165) is 24.2 Å².